The number of amides is 1. The summed E-state index contributed by atoms with van der Waals surface area (Å²) in [6, 6.07) is 19.4. The monoisotopic (exact) mass is 376 g/mol. The van der Waals surface area contributed by atoms with Crippen molar-refractivity contribution < 1.29 is 4.79 Å². The largest absolute Gasteiger partial charge is 0.330 e. The summed E-state index contributed by atoms with van der Waals surface area (Å²) in [6.45, 7) is 3.10. The van der Waals surface area contributed by atoms with Crippen LogP contribution in [0.2, 0.25) is 5.02 Å². The van der Waals surface area contributed by atoms with E-state index in [0.29, 0.717) is 18.1 Å². The van der Waals surface area contributed by atoms with Gasteiger partial charge in [-0.3, -0.25) is 9.78 Å². The maximum atomic E-state index is 12.9. The van der Waals surface area contributed by atoms with Crippen LogP contribution in [0.25, 0.3) is 6.08 Å². The number of hydrogen-bond donors (Lipinski definition) is 0. The highest BCUT2D eigenvalue weighted by molar-refractivity contribution is 6.30. The molecule has 1 aromatic heterocycles. The van der Waals surface area contributed by atoms with Gasteiger partial charge in [0.2, 0.25) is 5.91 Å². The van der Waals surface area contributed by atoms with Crippen LogP contribution in [0, 0.1) is 6.92 Å². The third-order valence-electron chi connectivity index (χ3n) is 4.30. The molecule has 3 rings (SSSR count). The number of halogens is 1. The molecule has 0 aliphatic heterocycles. The molecule has 1 heterocycles. The molecule has 3 aromatic rings. The van der Waals surface area contributed by atoms with Crippen molar-refractivity contribution in [3.63, 3.8) is 0 Å². The van der Waals surface area contributed by atoms with E-state index in [2.05, 4.69) is 24.0 Å². The van der Waals surface area contributed by atoms with E-state index in [1.165, 1.54) is 5.56 Å². The summed E-state index contributed by atoms with van der Waals surface area (Å²) in [5, 5.41) is 0.650. The van der Waals surface area contributed by atoms with Gasteiger partial charge in [0.1, 0.15) is 0 Å². The first kappa shape index (κ1) is 18.9. The molecule has 27 heavy (non-hydrogen) atoms. The molecule has 0 N–H and O–H groups in total. The molecule has 3 nitrogen and oxygen atoms in total. The smallest absolute Gasteiger partial charge is 0.247 e. The Balaban J connectivity index is 1.81. The third-order valence-corrected chi connectivity index (χ3v) is 4.53. The Morgan fingerprint density at radius 2 is 1.93 bits per heavy atom. The fraction of sp³-hybridized carbons (Fsp3) is 0.130. The van der Waals surface area contributed by atoms with Gasteiger partial charge < -0.3 is 4.90 Å². The van der Waals surface area contributed by atoms with Gasteiger partial charge in [0.15, 0.2) is 0 Å². The molecule has 0 saturated carbocycles. The standard InChI is InChI=1S/C23H21ClN2O/c1-18-6-2-3-9-21(18)17-26(16-20-8-5-13-25-15-20)23(27)12-11-19-7-4-10-22(24)14-19/h2-15H,16-17H2,1H3. The van der Waals surface area contributed by atoms with Crippen molar-refractivity contribution in [1.29, 1.82) is 0 Å². The van der Waals surface area contributed by atoms with Crippen LogP contribution in [0.5, 0.6) is 0 Å². The lowest BCUT2D eigenvalue weighted by molar-refractivity contribution is -0.127. The normalized spacial score (nSPS) is 10.9. The van der Waals surface area contributed by atoms with Gasteiger partial charge in [0.05, 0.1) is 0 Å². The second-order valence-electron chi connectivity index (χ2n) is 6.37. The molecule has 0 atom stereocenters. The molecule has 0 unspecified atom stereocenters. The highest BCUT2D eigenvalue weighted by atomic mass is 35.5. The van der Waals surface area contributed by atoms with Crippen molar-refractivity contribution >= 4 is 23.6 Å². The van der Waals surface area contributed by atoms with Crippen LogP contribution < -0.4 is 0 Å². The van der Waals surface area contributed by atoms with E-state index in [4.69, 9.17) is 11.6 Å². The number of carbonyl (C=O) groups excluding carboxylic acids is 1. The second-order valence-corrected chi connectivity index (χ2v) is 6.81. The minimum absolute atomic E-state index is 0.0536. The molecule has 2 aromatic carbocycles. The lowest BCUT2D eigenvalue weighted by Gasteiger charge is -2.22. The lowest BCUT2D eigenvalue weighted by atomic mass is 10.1. The molecular formula is C23H21ClN2O. The lowest BCUT2D eigenvalue weighted by Crippen LogP contribution is -2.28. The molecule has 0 fully saturated rings. The number of aromatic nitrogens is 1. The SMILES string of the molecule is Cc1ccccc1CN(Cc1cccnc1)C(=O)C=Cc1cccc(Cl)c1. The molecule has 4 heteroatoms. The summed E-state index contributed by atoms with van der Waals surface area (Å²) >= 11 is 6.02. The zero-order chi connectivity index (χ0) is 19.1. The summed E-state index contributed by atoms with van der Waals surface area (Å²) in [7, 11) is 0. The van der Waals surface area contributed by atoms with Crippen LogP contribution >= 0.6 is 11.6 Å². The van der Waals surface area contributed by atoms with Crippen molar-refractivity contribution in [3.8, 4) is 0 Å². The fourth-order valence-electron chi connectivity index (χ4n) is 2.80. The maximum absolute atomic E-state index is 12.9. The van der Waals surface area contributed by atoms with Crippen LogP contribution in [-0.4, -0.2) is 15.8 Å². The molecular weight excluding hydrogens is 356 g/mol. The quantitative estimate of drug-likeness (QED) is 0.548. The topological polar surface area (TPSA) is 33.2 Å². The molecule has 0 aliphatic carbocycles. The van der Waals surface area contributed by atoms with Gasteiger partial charge in [-0.25, -0.2) is 0 Å². The van der Waals surface area contributed by atoms with Crippen molar-refractivity contribution in [2.24, 2.45) is 0 Å². The number of aryl methyl sites for hydroxylation is 1. The van der Waals surface area contributed by atoms with Gasteiger partial charge in [-0.2, -0.15) is 0 Å². The summed E-state index contributed by atoms with van der Waals surface area (Å²) < 4.78 is 0. The van der Waals surface area contributed by atoms with Crippen LogP contribution in [-0.2, 0) is 17.9 Å². The van der Waals surface area contributed by atoms with Crippen LogP contribution in [0.1, 0.15) is 22.3 Å². The Hall–Kier alpha value is -2.91. The van der Waals surface area contributed by atoms with E-state index in [9.17, 15) is 4.79 Å². The van der Waals surface area contributed by atoms with Gasteiger partial charge in [0.25, 0.3) is 0 Å². The highest BCUT2D eigenvalue weighted by Crippen LogP contribution is 2.15. The Bertz CT molecular complexity index is 938. The molecule has 0 spiro atoms. The van der Waals surface area contributed by atoms with Gasteiger partial charge >= 0.3 is 0 Å². The molecule has 1 amide bonds. The zero-order valence-electron chi connectivity index (χ0n) is 15.2. The number of pyridine rings is 1. The Morgan fingerprint density at radius 3 is 2.67 bits per heavy atom. The first-order chi connectivity index (χ1) is 13.1. The van der Waals surface area contributed by atoms with Crippen molar-refractivity contribution in [2.75, 3.05) is 0 Å². The van der Waals surface area contributed by atoms with E-state index in [1.54, 1.807) is 24.5 Å². The summed E-state index contributed by atoms with van der Waals surface area (Å²) in [6.07, 6.45) is 6.91. The van der Waals surface area contributed by atoms with Crippen LogP contribution in [0.15, 0.2) is 79.1 Å². The molecule has 0 bridgehead atoms. The predicted octanol–water partition coefficient (Wildman–Crippen LogP) is 5.29. The second kappa shape index (κ2) is 9.15. The Labute approximate surface area is 164 Å². The Kier molecular flexibility index (Phi) is 6.39. The van der Waals surface area contributed by atoms with E-state index < -0.39 is 0 Å². The fourth-order valence-corrected chi connectivity index (χ4v) is 3.00. The Morgan fingerprint density at radius 1 is 1.07 bits per heavy atom. The number of rotatable bonds is 6. The van der Waals surface area contributed by atoms with E-state index in [-0.39, 0.29) is 5.91 Å². The van der Waals surface area contributed by atoms with E-state index >= 15 is 0 Å². The number of hydrogen-bond acceptors (Lipinski definition) is 2. The van der Waals surface area contributed by atoms with Crippen molar-refractivity contribution in [2.45, 2.75) is 20.0 Å². The number of carbonyl (C=O) groups is 1. The van der Waals surface area contributed by atoms with Gasteiger partial charge in [-0.1, -0.05) is 54.1 Å². The minimum Gasteiger partial charge on any atom is -0.330 e. The molecule has 0 radical (unpaired) electrons. The summed E-state index contributed by atoms with van der Waals surface area (Å²) in [5.41, 5.74) is 4.19. The minimum atomic E-state index is -0.0536. The molecule has 0 saturated heterocycles. The highest BCUT2D eigenvalue weighted by Gasteiger charge is 2.13. The zero-order valence-corrected chi connectivity index (χ0v) is 15.9. The predicted molar refractivity (Wildman–Crippen MR) is 110 cm³/mol. The van der Waals surface area contributed by atoms with Crippen LogP contribution in [0.4, 0.5) is 0 Å². The summed E-state index contributed by atoms with van der Waals surface area (Å²) in [5.74, 6) is -0.0536. The first-order valence-electron chi connectivity index (χ1n) is 8.78. The summed E-state index contributed by atoms with van der Waals surface area (Å²) in [4.78, 5) is 18.9. The van der Waals surface area contributed by atoms with Crippen molar-refractivity contribution in [1.82, 2.24) is 9.88 Å². The van der Waals surface area contributed by atoms with Gasteiger partial charge in [0, 0.05) is 36.6 Å². The van der Waals surface area contributed by atoms with Gasteiger partial charge in [-0.15, -0.1) is 0 Å². The maximum Gasteiger partial charge on any atom is 0.247 e. The first-order valence-corrected chi connectivity index (χ1v) is 9.15. The van der Waals surface area contributed by atoms with Gasteiger partial charge in [-0.05, 0) is 53.5 Å². The third kappa shape index (κ3) is 5.53. The van der Waals surface area contributed by atoms with Crippen molar-refractivity contribution in [3.05, 3.63) is 106 Å². The average Bonchev–Trinajstić information content (AvgIpc) is 2.68. The van der Waals surface area contributed by atoms with E-state index in [1.807, 2.05) is 53.4 Å². The van der Waals surface area contributed by atoms with E-state index in [0.717, 1.165) is 16.7 Å². The number of nitrogens with zero attached hydrogens (tertiary/aromatic N) is 2. The number of benzene rings is 2. The van der Waals surface area contributed by atoms with Crippen LogP contribution in [0.3, 0.4) is 0 Å². The molecule has 136 valence electrons. The molecule has 0 aliphatic rings. The average molecular weight is 377 g/mol.